The largest absolute Gasteiger partial charge is 0.480 e. The molecule has 0 fully saturated rings. The van der Waals surface area contributed by atoms with E-state index in [0.717, 1.165) is 35.1 Å². The zero-order valence-corrected chi connectivity index (χ0v) is 19.3. The number of rotatable bonds is 11. The number of carboxylic acids is 1. The van der Waals surface area contributed by atoms with Crippen LogP contribution in [-0.4, -0.2) is 53.7 Å². The van der Waals surface area contributed by atoms with Crippen LogP contribution in [0, 0.1) is 0 Å². The molecule has 7 heteroatoms. The van der Waals surface area contributed by atoms with E-state index < -0.39 is 18.1 Å². The molecule has 1 atom stereocenters. The summed E-state index contributed by atoms with van der Waals surface area (Å²) < 4.78 is 5.58. The van der Waals surface area contributed by atoms with Crippen molar-refractivity contribution in [3.05, 3.63) is 59.7 Å². The van der Waals surface area contributed by atoms with E-state index in [1.54, 1.807) is 0 Å². The molecule has 33 heavy (non-hydrogen) atoms. The summed E-state index contributed by atoms with van der Waals surface area (Å²) in [7, 11) is 0. The minimum Gasteiger partial charge on any atom is -0.480 e. The molecule has 0 aliphatic heterocycles. The smallest absolute Gasteiger partial charge is 0.407 e. The number of carbonyl (C=O) groups excluding carboxylic acids is 2. The highest BCUT2D eigenvalue weighted by Crippen LogP contribution is 2.44. The molecule has 0 aromatic heterocycles. The Hall–Kier alpha value is -3.35. The van der Waals surface area contributed by atoms with Gasteiger partial charge in [-0.2, -0.15) is 0 Å². The monoisotopic (exact) mass is 452 g/mol. The second kappa shape index (κ2) is 11.5. The number of fused-ring (bicyclic) bond motifs is 3. The summed E-state index contributed by atoms with van der Waals surface area (Å²) in [6.07, 6.45) is 1.97. The Morgan fingerprint density at radius 3 is 2.15 bits per heavy atom. The number of alkyl carbamates (subject to hydrolysis) is 1. The van der Waals surface area contributed by atoms with Crippen LogP contribution in [0.4, 0.5) is 4.79 Å². The molecule has 0 spiro atoms. The van der Waals surface area contributed by atoms with Crippen LogP contribution >= 0.6 is 0 Å². The van der Waals surface area contributed by atoms with Gasteiger partial charge in [0.1, 0.15) is 19.2 Å². The lowest BCUT2D eigenvalue weighted by molar-refractivity contribution is -0.145. The van der Waals surface area contributed by atoms with Gasteiger partial charge in [-0.25, -0.2) is 4.79 Å². The molecule has 7 nitrogen and oxygen atoms in total. The van der Waals surface area contributed by atoms with Crippen molar-refractivity contribution in [3.63, 3.8) is 0 Å². The third-order valence-corrected chi connectivity index (χ3v) is 5.91. The first-order chi connectivity index (χ1) is 16.0. The Bertz CT molecular complexity index is 945. The molecule has 0 heterocycles. The van der Waals surface area contributed by atoms with E-state index in [0.29, 0.717) is 19.4 Å². The lowest BCUT2D eigenvalue weighted by Gasteiger charge is -2.26. The fourth-order valence-electron chi connectivity index (χ4n) is 4.37. The SMILES string of the molecule is CCCCC(NC(=O)OCC1c2ccccc2-c2ccccc21)C(=O)N(CCC)CC(=O)O. The summed E-state index contributed by atoms with van der Waals surface area (Å²) in [4.78, 5) is 38.2. The van der Waals surface area contributed by atoms with Gasteiger partial charge in [0.05, 0.1) is 0 Å². The highest BCUT2D eigenvalue weighted by atomic mass is 16.5. The van der Waals surface area contributed by atoms with E-state index in [1.807, 2.05) is 50.2 Å². The lowest BCUT2D eigenvalue weighted by atomic mass is 9.98. The van der Waals surface area contributed by atoms with Crippen LogP contribution in [0.15, 0.2) is 48.5 Å². The van der Waals surface area contributed by atoms with E-state index in [9.17, 15) is 14.4 Å². The molecule has 1 unspecified atom stereocenters. The molecule has 3 rings (SSSR count). The molecular weight excluding hydrogens is 420 g/mol. The highest BCUT2D eigenvalue weighted by molar-refractivity contribution is 5.88. The number of carboxylic acid groups (broad SMARTS) is 1. The van der Waals surface area contributed by atoms with Crippen LogP contribution in [-0.2, 0) is 14.3 Å². The summed E-state index contributed by atoms with van der Waals surface area (Å²) in [6, 6.07) is 15.4. The van der Waals surface area contributed by atoms with E-state index >= 15 is 0 Å². The average molecular weight is 453 g/mol. The fraction of sp³-hybridized carbons (Fsp3) is 0.423. The first-order valence-corrected chi connectivity index (χ1v) is 11.6. The van der Waals surface area contributed by atoms with Gasteiger partial charge < -0.3 is 20.1 Å². The maximum atomic E-state index is 13.0. The van der Waals surface area contributed by atoms with Gasteiger partial charge in [0.15, 0.2) is 0 Å². The number of benzene rings is 2. The molecule has 1 aliphatic rings. The summed E-state index contributed by atoms with van der Waals surface area (Å²) in [6.45, 7) is 3.96. The second-order valence-electron chi connectivity index (χ2n) is 8.32. The van der Waals surface area contributed by atoms with Crippen molar-refractivity contribution in [2.75, 3.05) is 19.7 Å². The number of nitrogens with zero attached hydrogens (tertiary/aromatic N) is 1. The molecule has 0 saturated carbocycles. The summed E-state index contributed by atoms with van der Waals surface area (Å²) in [5.41, 5.74) is 4.50. The van der Waals surface area contributed by atoms with Crippen LogP contribution in [0.1, 0.15) is 56.6 Å². The molecule has 0 radical (unpaired) electrons. The number of nitrogens with one attached hydrogen (secondary N) is 1. The predicted octanol–water partition coefficient (Wildman–Crippen LogP) is 4.41. The van der Waals surface area contributed by atoms with Crippen molar-refractivity contribution >= 4 is 18.0 Å². The number of carbonyl (C=O) groups is 3. The van der Waals surface area contributed by atoms with Crippen LogP contribution in [0.2, 0.25) is 0 Å². The van der Waals surface area contributed by atoms with E-state index in [2.05, 4.69) is 17.4 Å². The molecule has 0 bridgehead atoms. The van der Waals surface area contributed by atoms with Crippen molar-refractivity contribution in [1.29, 1.82) is 0 Å². The maximum Gasteiger partial charge on any atom is 0.407 e. The van der Waals surface area contributed by atoms with Gasteiger partial charge in [0.2, 0.25) is 5.91 Å². The highest BCUT2D eigenvalue weighted by Gasteiger charge is 2.30. The number of amides is 2. The first-order valence-electron chi connectivity index (χ1n) is 11.6. The minimum absolute atomic E-state index is 0.0726. The zero-order chi connectivity index (χ0) is 23.8. The van der Waals surface area contributed by atoms with Crippen molar-refractivity contribution in [2.24, 2.45) is 0 Å². The fourth-order valence-corrected chi connectivity index (χ4v) is 4.37. The van der Waals surface area contributed by atoms with Crippen LogP contribution in [0.5, 0.6) is 0 Å². The van der Waals surface area contributed by atoms with Gasteiger partial charge in [0.25, 0.3) is 0 Å². The molecule has 1 aliphatic carbocycles. The topological polar surface area (TPSA) is 95.9 Å². The van der Waals surface area contributed by atoms with Gasteiger partial charge in [-0.15, -0.1) is 0 Å². The summed E-state index contributed by atoms with van der Waals surface area (Å²) >= 11 is 0. The Kier molecular flexibility index (Phi) is 8.46. The minimum atomic E-state index is -1.08. The molecule has 176 valence electrons. The third kappa shape index (κ3) is 5.92. The Morgan fingerprint density at radius 2 is 1.61 bits per heavy atom. The standard InChI is InChI=1S/C26H32N2O5/c1-3-5-14-23(25(31)28(15-4-2)16-24(29)30)27-26(32)33-17-22-20-12-8-6-10-18(20)19-11-7-9-13-21(19)22/h6-13,22-23H,3-5,14-17H2,1-2H3,(H,27,32)(H,29,30). The molecule has 2 amide bonds. The van der Waals surface area contributed by atoms with Crippen LogP contribution in [0.3, 0.4) is 0 Å². The molecular formula is C26H32N2O5. The van der Waals surface area contributed by atoms with Gasteiger partial charge in [-0.3, -0.25) is 9.59 Å². The van der Waals surface area contributed by atoms with E-state index in [4.69, 9.17) is 9.84 Å². The van der Waals surface area contributed by atoms with Crippen molar-refractivity contribution < 1.29 is 24.2 Å². The quantitative estimate of drug-likeness (QED) is 0.527. The molecule has 0 saturated heterocycles. The Morgan fingerprint density at radius 1 is 1.00 bits per heavy atom. The van der Waals surface area contributed by atoms with Gasteiger partial charge >= 0.3 is 12.1 Å². The lowest BCUT2D eigenvalue weighted by Crippen LogP contribution is -2.50. The van der Waals surface area contributed by atoms with Crippen LogP contribution < -0.4 is 5.32 Å². The normalized spacial score (nSPS) is 13.0. The maximum absolute atomic E-state index is 13.0. The Balaban J connectivity index is 1.68. The van der Waals surface area contributed by atoms with E-state index in [1.165, 1.54) is 4.90 Å². The summed E-state index contributed by atoms with van der Waals surface area (Å²) in [5, 5.41) is 11.8. The number of unbranched alkanes of at least 4 members (excludes halogenated alkanes) is 1. The Labute approximate surface area is 194 Å². The number of aliphatic carboxylic acids is 1. The van der Waals surface area contributed by atoms with Crippen LogP contribution in [0.25, 0.3) is 11.1 Å². The molecule has 2 N–H and O–H groups in total. The van der Waals surface area contributed by atoms with Crippen molar-refractivity contribution in [3.8, 4) is 11.1 Å². The molecule has 2 aromatic carbocycles. The summed E-state index contributed by atoms with van der Waals surface area (Å²) in [5.74, 6) is -1.54. The van der Waals surface area contributed by atoms with E-state index in [-0.39, 0.29) is 25.0 Å². The van der Waals surface area contributed by atoms with Gasteiger partial charge in [0, 0.05) is 12.5 Å². The second-order valence-corrected chi connectivity index (χ2v) is 8.32. The number of hydrogen-bond acceptors (Lipinski definition) is 4. The predicted molar refractivity (Wildman–Crippen MR) is 126 cm³/mol. The number of ether oxygens (including phenoxy) is 1. The first kappa shape index (κ1) is 24.3. The average Bonchev–Trinajstić information content (AvgIpc) is 3.13. The van der Waals surface area contributed by atoms with Crippen molar-refractivity contribution in [2.45, 2.75) is 51.5 Å². The third-order valence-electron chi connectivity index (χ3n) is 5.91. The van der Waals surface area contributed by atoms with Gasteiger partial charge in [-0.05, 0) is 35.1 Å². The number of hydrogen-bond donors (Lipinski definition) is 2. The van der Waals surface area contributed by atoms with Gasteiger partial charge in [-0.1, -0.05) is 75.2 Å². The van der Waals surface area contributed by atoms with Crippen molar-refractivity contribution in [1.82, 2.24) is 10.2 Å². The zero-order valence-electron chi connectivity index (χ0n) is 19.3. The molecule has 2 aromatic rings.